The molecule has 0 unspecified atom stereocenters. The summed E-state index contributed by atoms with van der Waals surface area (Å²) in [7, 11) is 0. The predicted octanol–water partition coefficient (Wildman–Crippen LogP) is 7.17. The lowest BCUT2D eigenvalue weighted by Crippen LogP contribution is -2.13. The largest absolute Gasteiger partial charge is 0.494 e. The Balaban J connectivity index is 1.73. The molecule has 0 atom stereocenters. The maximum Gasteiger partial charge on any atom is 0.266 e. The Morgan fingerprint density at radius 2 is 1.73 bits per heavy atom. The van der Waals surface area contributed by atoms with Gasteiger partial charge in [0.2, 0.25) is 0 Å². The summed E-state index contributed by atoms with van der Waals surface area (Å²) in [5.74, 6) is 0.427. The van der Waals surface area contributed by atoms with Crippen molar-refractivity contribution >= 4 is 52.5 Å². The minimum atomic E-state index is -0.560. The molecule has 0 spiro atoms. The highest BCUT2D eigenvalue weighted by Gasteiger charge is 2.13. The van der Waals surface area contributed by atoms with Gasteiger partial charge in [-0.05, 0) is 72.7 Å². The summed E-state index contributed by atoms with van der Waals surface area (Å²) in [5, 5.41) is 13.3. The smallest absolute Gasteiger partial charge is 0.266 e. The van der Waals surface area contributed by atoms with Gasteiger partial charge < -0.3 is 14.8 Å². The van der Waals surface area contributed by atoms with Crippen LogP contribution in [0, 0.1) is 11.3 Å². The van der Waals surface area contributed by atoms with Crippen molar-refractivity contribution in [3.05, 3.63) is 92.4 Å². The number of hydrogen-bond acceptors (Lipinski definition) is 4. The molecule has 0 aliphatic heterocycles. The first-order valence-electron chi connectivity index (χ1n) is 9.92. The van der Waals surface area contributed by atoms with Crippen LogP contribution in [0.5, 0.6) is 11.5 Å². The van der Waals surface area contributed by atoms with Crippen LogP contribution >= 0.6 is 34.8 Å². The van der Waals surface area contributed by atoms with Gasteiger partial charge in [-0.1, -0.05) is 46.9 Å². The van der Waals surface area contributed by atoms with E-state index in [1.54, 1.807) is 48.5 Å². The number of rotatable bonds is 8. The third-order valence-electron chi connectivity index (χ3n) is 4.39. The Kier molecular flexibility index (Phi) is 8.62. The number of anilines is 1. The van der Waals surface area contributed by atoms with E-state index >= 15 is 0 Å². The highest BCUT2D eigenvalue weighted by atomic mass is 35.5. The Labute approximate surface area is 207 Å². The van der Waals surface area contributed by atoms with Crippen molar-refractivity contribution in [2.75, 3.05) is 11.9 Å². The SMILES string of the molecule is CCOc1ccc(NC(=O)/C(C#N)=C/c2cc(Cl)c(OCc3cccc(Cl)c3)c(Cl)c2)cc1. The highest BCUT2D eigenvalue weighted by molar-refractivity contribution is 6.37. The number of nitriles is 1. The van der Waals surface area contributed by atoms with E-state index in [0.717, 1.165) is 5.56 Å². The lowest BCUT2D eigenvalue weighted by atomic mass is 10.1. The van der Waals surface area contributed by atoms with Gasteiger partial charge in [0.1, 0.15) is 24.0 Å². The number of halogens is 3. The third-order valence-corrected chi connectivity index (χ3v) is 5.19. The van der Waals surface area contributed by atoms with Crippen LogP contribution in [0.15, 0.2) is 66.2 Å². The summed E-state index contributed by atoms with van der Waals surface area (Å²) in [5.41, 5.74) is 1.77. The zero-order chi connectivity index (χ0) is 23.8. The van der Waals surface area contributed by atoms with Gasteiger partial charge in [0.15, 0.2) is 5.75 Å². The molecule has 1 amide bonds. The minimum Gasteiger partial charge on any atom is -0.494 e. The first-order valence-corrected chi connectivity index (χ1v) is 11.0. The average molecular weight is 502 g/mol. The summed E-state index contributed by atoms with van der Waals surface area (Å²) >= 11 is 18.7. The van der Waals surface area contributed by atoms with E-state index in [1.165, 1.54) is 6.08 Å². The Morgan fingerprint density at radius 3 is 2.33 bits per heavy atom. The van der Waals surface area contributed by atoms with Crippen molar-refractivity contribution in [2.45, 2.75) is 13.5 Å². The van der Waals surface area contributed by atoms with Crippen LogP contribution in [-0.4, -0.2) is 12.5 Å². The quantitative estimate of drug-likeness (QED) is 0.262. The molecule has 0 heterocycles. The van der Waals surface area contributed by atoms with E-state index < -0.39 is 5.91 Å². The van der Waals surface area contributed by atoms with Crippen molar-refractivity contribution in [1.82, 2.24) is 0 Å². The summed E-state index contributed by atoms with van der Waals surface area (Å²) in [6.45, 7) is 2.65. The second-order valence-electron chi connectivity index (χ2n) is 6.81. The third kappa shape index (κ3) is 6.90. The lowest BCUT2D eigenvalue weighted by molar-refractivity contribution is -0.112. The number of ether oxygens (including phenoxy) is 2. The Morgan fingerprint density at radius 1 is 1.03 bits per heavy atom. The maximum absolute atomic E-state index is 12.5. The highest BCUT2D eigenvalue weighted by Crippen LogP contribution is 2.35. The number of nitrogens with one attached hydrogen (secondary N) is 1. The Hall–Kier alpha value is -3.17. The van der Waals surface area contributed by atoms with Gasteiger partial charge in [-0.25, -0.2) is 0 Å². The molecule has 0 aliphatic carbocycles. The molecule has 0 saturated heterocycles. The first-order chi connectivity index (χ1) is 15.9. The summed E-state index contributed by atoms with van der Waals surface area (Å²) in [6.07, 6.45) is 1.41. The summed E-state index contributed by atoms with van der Waals surface area (Å²) in [4.78, 5) is 12.5. The molecule has 0 saturated carbocycles. The van der Waals surface area contributed by atoms with Crippen LogP contribution < -0.4 is 14.8 Å². The fraction of sp³-hybridized carbons (Fsp3) is 0.120. The molecular formula is C25H19Cl3N2O3. The predicted molar refractivity (Wildman–Crippen MR) is 132 cm³/mol. The molecule has 168 valence electrons. The normalized spacial score (nSPS) is 10.9. The van der Waals surface area contributed by atoms with Gasteiger partial charge >= 0.3 is 0 Å². The molecule has 1 N–H and O–H groups in total. The van der Waals surface area contributed by atoms with Crippen molar-refractivity contribution in [3.63, 3.8) is 0 Å². The number of carbonyl (C=O) groups is 1. The second kappa shape index (κ2) is 11.6. The topological polar surface area (TPSA) is 71.3 Å². The minimum absolute atomic E-state index is 0.108. The van der Waals surface area contributed by atoms with Crippen molar-refractivity contribution in [2.24, 2.45) is 0 Å². The van der Waals surface area contributed by atoms with Crippen LogP contribution in [0.2, 0.25) is 15.1 Å². The van der Waals surface area contributed by atoms with Crippen LogP contribution in [0.3, 0.4) is 0 Å². The Bertz CT molecular complexity index is 1200. The zero-order valence-electron chi connectivity index (χ0n) is 17.6. The number of amides is 1. The van der Waals surface area contributed by atoms with Gasteiger partial charge in [-0.3, -0.25) is 4.79 Å². The van der Waals surface area contributed by atoms with Crippen molar-refractivity contribution in [1.29, 1.82) is 5.26 Å². The monoisotopic (exact) mass is 500 g/mol. The number of carbonyl (C=O) groups excluding carboxylic acids is 1. The molecular weight excluding hydrogens is 483 g/mol. The van der Waals surface area contributed by atoms with E-state index in [1.807, 2.05) is 25.1 Å². The molecule has 5 nitrogen and oxygen atoms in total. The van der Waals surface area contributed by atoms with Crippen LogP contribution in [0.25, 0.3) is 6.08 Å². The molecule has 3 aromatic carbocycles. The molecule has 3 aromatic rings. The van der Waals surface area contributed by atoms with Gasteiger partial charge in [-0.2, -0.15) is 5.26 Å². The zero-order valence-corrected chi connectivity index (χ0v) is 19.8. The maximum atomic E-state index is 12.5. The fourth-order valence-corrected chi connectivity index (χ4v) is 3.72. The molecule has 8 heteroatoms. The fourth-order valence-electron chi connectivity index (χ4n) is 2.90. The van der Waals surface area contributed by atoms with Crippen molar-refractivity contribution < 1.29 is 14.3 Å². The first kappa shape index (κ1) is 24.5. The van der Waals surface area contributed by atoms with Gasteiger partial charge in [0.05, 0.1) is 16.7 Å². The summed E-state index contributed by atoms with van der Waals surface area (Å²) in [6, 6.07) is 19.1. The molecule has 33 heavy (non-hydrogen) atoms. The lowest BCUT2D eigenvalue weighted by Gasteiger charge is -2.11. The van der Waals surface area contributed by atoms with Crippen molar-refractivity contribution in [3.8, 4) is 17.6 Å². The molecule has 0 radical (unpaired) electrons. The van der Waals surface area contributed by atoms with Gasteiger partial charge in [-0.15, -0.1) is 0 Å². The molecule has 3 rings (SSSR count). The van der Waals surface area contributed by atoms with E-state index in [-0.39, 0.29) is 22.2 Å². The standard InChI is InChI=1S/C25H19Cl3N2O3/c1-2-32-21-8-6-20(7-9-21)30-25(31)18(14-29)10-17-12-22(27)24(23(28)13-17)33-15-16-4-3-5-19(26)11-16/h3-13H,2,15H2,1H3,(H,30,31)/b18-10+. The summed E-state index contributed by atoms with van der Waals surface area (Å²) < 4.78 is 11.1. The van der Waals surface area contributed by atoms with E-state index in [9.17, 15) is 10.1 Å². The molecule has 0 aromatic heterocycles. The van der Waals surface area contributed by atoms with Gasteiger partial charge in [0.25, 0.3) is 5.91 Å². The van der Waals surface area contributed by atoms with E-state index in [2.05, 4.69) is 5.32 Å². The molecule has 0 bridgehead atoms. The number of hydrogen-bond donors (Lipinski definition) is 1. The van der Waals surface area contributed by atoms with E-state index in [4.69, 9.17) is 44.3 Å². The van der Waals surface area contributed by atoms with Crippen LogP contribution in [-0.2, 0) is 11.4 Å². The average Bonchev–Trinajstić information content (AvgIpc) is 2.78. The molecule has 0 aliphatic rings. The number of benzene rings is 3. The van der Waals surface area contributed by atoms with Crippen LogP contribution in [0.4, 0.5) is 5.69 Å². The van der Waals surface area contributed by atoms with E-state index in [0.29, 0.717) is 34.4 Å². The van der Waals surface area contributed by atoms with Gasteiger partial charge in [0, 0.05) is 10.7 Å². The number of nitrogens with zero attached hydrogens (tertiary/aromatic N) is 1. The second-order valence-corrected chi connectivity index (χ2v) is 8.06. The van der Waals surface area contributed by atoms with Crippen LogP contribution in [0.1, 0.15) is 18.1 Å². The molecule has 0 fully saturated rings.